The summed E-state index contributed by atoms with van der Waals surface area (Å²) in [4.78, 5) is 4.38. The Bertz CT molecular complexity index is 461. The topological polar surface area (TPSA) is 72.3 Å². The molecule has 0 spiro atoms. The molecule has 0 atom stereocenters. The van der Waals surface area contributed by atoms with Gasteiger partial charge in [0.1, 0.15) is 5.82 Å². The van der Waals surface area contributed by atoms with Gasteiger partial charge in [0.15, 0.2) is 5.69 Å². The van der Waals surface area contributed by atoms with Gasteiger partial charge in [-0.2, -0.15) is 5.10 Å². The molecule has 15 heavy (non-hydrogen) atoms. The lowest BCUT2D eigenvalue weighted by Crippen LogP contribution is -2.13. The maximum Gasteiger partial charge on any atom is 0.203 e. The predicted octanol–water partition coefficient (Wildman–Crippen LogP) is 0.898. The maximum atomic E-state index is 4.38. The lowest BCUT2D eigenvalue weighted by atomic mass is 9.96. The molecule has 2 aromatic rings. The minimum absolute atomic E-state index is 0.0343. The summed E-state index contributed by atoms with van der Waals surface area (Å²) >= 11 is 0. The standard InChI is InChI=1S/C9H14N6/c1-9(2,3)8-10-7(12-13-8)6-5-15(4)14-11-6/h5H,1-4H3,(H,10,12,13). The highest BCUT2D eigenvalue weighted by Crippen LogP contribution is 2.20. The van der Waals surface area contributed by atoms with Crippen LogP contribution in [0.1, 0.15) is 26.6 Å². The molecule has 2 rings (SSSR count). The Hall–Kier alpha value is -1.72. The number of nitrogens with zero attached hydrogens (tertiary/aromatic N) is 5. The van der Waals surface area contributed by atoms with Crippen LogP contribution in [0.4, 0.5) is 0 Å². The Balaban J connectivity index is 2.36. The second-order valence-electron chi connectivity index (χ2n) is 4.54. The third-order valence-corrected chi connectivity index (χ3v) is 2.03. The first-order valence-corrected chi connectivity index (χ1v) is 4.76. The molecule has 0 unspecified atom stereocenters. The van der Waals surface area contributed by atoms with Gasteiger partial charge in [0.2, 0.25) is 5.82 Å². The van der Waals surface area contributed by atoms with E-state index in [2.05, 4.69) is 46.3 Å². The second-order valence-corrected chi connectivity index (χ2v) is 4.54. The fraction of sp³-hybridized carbons (Fsp3) is 0.556. The Morgan fingerprint density at radius 3 is 2.53 bits per heavy atom. The molecule has 0 saturated carbocycles. The second kappa shape index (κ2) is 3.15. The quantitative estimate of drug-likeness (QED) is 0.752. The predicted molar refractivity (Wildman–Crippen MR) is 55.1 cm³/mol. The molecule has 6 heteroatoms. The van der Waals surface area contributed by atoms with Crippen LogP contribution in [0.5, 0.6) is 0 Å². The van der Waals surface area contributed by atoms with E-state index in [1.54, 1.807) is 10.9 Å². The van der Waals surface area contributed by atoms with Crippen LogP contribution in [0, 0.1) is 0 Å². The van der Waals surface area contributed by atoms with Crippen molar-refractivity contribution in [3.05, 3.63) is 12.0 Å². The summed E-state index contributed by atoms with van der Waals surface area (Å²) in [5.74, 6) is 1.44. The average molecular weight is 206 g/mol. The van der Waals surface area contributed by atoms with Gasteiger partial charge in [-0.15, -0.1) is 5.10 Å². The van der Waals surface area contributed by atoms with Gasteiger partial charge < -0.3 is 0 Å². The molecule has 0 saturated heterocycles. The van der Waals surface area contributed by atoms with E-state index < -0.39 is 0 Å². The number of rotatable bonds is 1. The zero-order valence-electron chi connectivity index (χ0n) is 9.31. The minimum Gasteiger partial charge on any atom is -0.262 e. The van der Waals surface area contributed by atoms with Crippen LogP contribution in [0.15, 0.2) is 6.20 Å². The fourth-order valence-corrected chi connectivity index (χ4v) is 1.16. The molecule has 0 aromatic carbocycles. The molecule has 6 nitrogen and oxygen atoms in total. The molecule has 1 N–H and O–H groups in total. The van der Waals surface area contributed by atoms with Crippen LogP contribution in [-0.4, -0.2) is 30.2 Å². The third kappa shape index (κ3) is 1.88. The molecule has 0 aliphatic carbocycles. The molecule has 2 aromatic heterocycles. The normalized spacial score (nSPS) is 12.0. The van der Waals surface area contributed by atoms with Crippen molar-refractivity contribution < 1.29 is 0 Å². The maximum absolute atomic E-state index is 4.38. The van der Waals surface area contributed by atoms with Gasteiger partial charge in [0, 0.05) is 12.5 Å². The molecular weight excluding hydrogens is 192 g/mol. The molecular formula is C9H14N6. The largest absolute Gasteiger partial charge is 0.262 e. The number of H-pyrrole nitrogens is 1. The van der Waals surface area contributed by atoms with Crippen LogP contribution >= 0.6 is 0 Å². The van der Waals surface area contributed by atoms with Crippen molar-refractivity contribution in [2.75, 3.05) is 0 Å². The van der Waals surface area contributed by atoms with Gasteiger partial charge >= 0.3 is 0 Å². The molecule has 0 aliphatic rings. The monoisotopic (exact) mass is 206 g/mol. The van der Waals surface area contributed by atoms with E-state index in [-0.39, 0.29) is 5.41 Å². The summed E-state index contributed by atoms with van der Waals surface area (Å²) in [6, 6.07) is 0. The Kier molecular flexibility index (Phi) is 2.06. The van der Waals surface area contributed by atoms with E-state index in [1.807, 2.05) is 7.05 Å². The molecule has 0 amide bonds. The Morgan fingerprint density at radius 1 is 1.33 bits per heavy atom. The smallest absolute Gasteiger partial charge is 0.203 e. The number of aryl methyl sites for hydroxylation is 1. The van der Waals surface area contributed by atoms with Crippen molar-refractivity contribution in [3.63, 3.8) is 0 Å². The summed E-state index contributed by atoms with van der Waals surface area (Å²) in [7, 11) is 1.81. The van der Waals surface area contributed by atoms with Gasteiger partial charge in [0.25, 0.3) is 0 Å². The van der Waals surface area contributed by atoms with E-state index in [0.717, 1.165) is 5.82 Å². The van der Waals surface area contributed by atoms with Gasteiger partial charge in [0.05, 0.1) is 6.20 Å². The molecule has 0 bridgehead atoms. The van der Waals surface area contributed by atoms with Crippen molar-refractivity contribution in [2.24, 2.45) is 7.05 Å². The van der Waals surface area contributed by atoms with Crippen molar-refractivity contribution in [1.82, 2.24) is 30.2 Å². The van der Waals surface area contributed by atoms with Gasteiger partial charge in [-0.05, 0) is 0 Å². The van der Waals surface area contributed by atoms with Crippen LogP contribution in [0.3, 0.4) is 0 Å². The van der Waals surface area contributed by atoms with E-state index >= 15 is 0 Å². The van der Waals surface area contributed by atoms with Crippen LogP contribution in [0.2, 0.25) is 0 Å². The van der Waals surface area contributed by atoms with E-state index in [1.165, 1.54) is 0 Å². The SMILES string of the molecule is Cn1cc(-c2n[nH]c(C(C)(C)C)n2)nn1. The number of aromatic nitrogens is 6. The summed E-state index contributed by atoms with van der Waals surface area (Å²) in [5, 5.41) is 14.8. The first-order valence-electron chi connectivity index (χ1n) is 4.76. The lowest BCUT2D eigenvalue weighted by Gasteiger charge is -2.12. The van der Waals surface area contributed by atoms with E-state index in [4.69, 9.17) is 0 Å². The molecule has 0 fully saturated rings. The van der Waals surface area contributed by atoms with Gasteiger partial charge in [-0.1, -0.05) is 26.0 Å². The summed E-state index contributed by atoms with van der Waals surface area (Å²) in [5.41, 5.74) is 0.650. The number of hydrogen-bond donors (Lipinski definition) is 1. The highest BCUT2D eigenvalue weighted by Gasteiger charge is 2.19. The van der Waals surface area contributed by atoms with Crippen LogP contribution in [-0.2, 0) is 12.5 Å². The molecule has 2 heterocycles. The molecule has 0 radical (unpaired) electrons. The average Bonchev–Trinajstić information content (AvgIpc) is 2.69. The lowest BCUT2D eigenvalue weighted by molar-refractivity contribution is 0.548. The van der Waals surface area contributed by atoms with Crippen molar-refractivity contribution >= 4 is 0 Å². The van der Waals surface area contributed by atoms with Crippen molar-refractivity contribution in [1.29, 1.82) is 0 Å². The number of hydrogen-bond acceptors (Lipinski definition) is 4. The van der Waals surface area contributed by atoms with E-state index in [9.17, 15) is 0 Å². The van der Waals surface area contributed by atoms with E-state index in [0.29, 0.717) is 11.5 Å². The highest BCUT2D eigenvalue weighted by molar-refractivity contribution is 5.45. The van der Waals surface area contributed by atoms with Gasteiger partial charge in [-0.3, -0.25) is 9.78 Å². The minimum atomic E-state index is -0.0343. The number of nitrogens with one attached hydrogen (secondary N) is 1. The van der Waals surface area contributed by atoms with Crippen LogP contribution < -0.4 is 0 Å². The Labute approximate surface area is 87.7 Å². The first-order chi connectivity index (χ1) is 6.97. The highest BCUT2D eigenvalue weighted by atomic mass is 15.4. The molecule has 80 valence electrons. The van der Waals surface area contributed by atoms with Gasteiger partial charge in [-0.25, -0.2) is 4.98 Å². The third-order valence-electron chi connectivity index (χ3n) is 2.03. The van der Waals surface area contributed by atoms with Crippen molar-refractivity contribution in [3.8, 4) is 11.5 Å². The fourth-order valence-electron chi connectivity index (χ4n) is 1.16. The van der Waals surface area contributed by atoms with Crippen molar-refractivity contribution in [2.45, 2.75) is 26.2 Å². The van der Waals surface area contributed by atoms with Crippen LogP contribution in [0.25, 0.3) is 11.5 Å². The zero-order chi connectivity index (χ0) is 11.1. The first kappa shape index (κ1) is 9.82. The number of aromatic amines is 1. The Morgan fingerprint density at radius 2 is 2.07 bits per heavy atom. The summed E-state index contributed by atoms with van der Waals surface area (Å²) in [6.07, 6.45) is 1.79. The summed E-state index contributed by atoms with van der Waals surface area (Å²) < 4.78 is 1.63. The summed E-state index contributed by atoms with van der Waals surface area (Å²) in [6.45, 7) is 6.23. The zero-order valence-corrected chi connectivity index (χ0v) is 9.31. The molecule has 0 aliphatic heterocycles.